The van der Waals surface area contributed by atoms with Crippen LogP contribution in [0.5, 0.6) is 0 Å². The predicted octanol–water partition coefficient (Wildman–Crippen LogP) is 3.26. The smallest absolute Gasteiger partial charge is 0.165 e. The number of ether oxygens (including phenoxy) is 1. The molecular formula is C13H14N2OS2. The number of hydrogen-bond donors (Lipinski definition) is 0. The lowest BCUT2D eigenvalue weighted by molar-refractivity contribution is 0.405. The van der Waals surface area contributed by atoms with Crippen molar-refractivity contribution in [3.63, 3.8) is 0 Å². The van der Waals surface area contributed by atoms with Crippen LogP contribution in [-0.2, 0) is 11.2 Å². The highest BCUT2D eigenvalue weighted by Gasteiger charge is 2.11. The van der Waals surface area contributed by atoms with Gasteiger partial charge in [0.2, 0.25) is 0 Å². The zero-order chi connectivity index (χ0) is 13.0. The third-order valence-corrected chi connectivity index (χ3v) is 3.63. The van der Waals surface area contributed by atoms with E-state index in [-0.39, 0.29) is 0 Å². The minimum absolute atomic E-state index is 0.534. The van der Waals surface area contributed by atoms with Gasteiger partial charge in [-0.1, -0.05) is 19.1 Å². The van der Waals surface area contributed by atoms with Gasteiger partial charge in [0.15, 0.2) is 5.05 Å². The maximum Gasteiger partial charge on any atom is 0.165 e. The lowest BCUT2D eigenvalue weighted by atomic mass is 10.2. The Kier molecular flexibility index (Phi) is 4.49. The zero-order valence-electron chi connectivity index (χ0n) is 10.3. The molecule has 0 saturated heterocycles. The Morgan fingerprint density at radius 3 is 2.56 bits per heavy atom. The molecule has 1 aromatic carbocycles. The third-order valence-electron chi connectivity index (χ3n) is 2.43. The summed E-state index contributed by atoms with van der Waals surface area (Å²) in [6, 6.07) is 7.86. The molecule has 0 spiro atoms. The minimum Gasteiger partial charge on any atom is -0.490 e. The third kappa shape index (κ3) is 2.97. The summed E-state index contributed by atoms with van der Waals surface area (Å²) in [4.78, 5) is 9.27. The van der Waals surface area contributed by atoms with E-state index in [0.29, 0.717) is 11.5 Å². The molecule has 5 heteroatoms. The molecule has 2 aromatic rings. The molecule has 3 nitrogen and oxygen atoms in total. The van der Waals surface area contributed by atoms with Crippen molar-refractivity contribution in [3.8, 4) is 0 Å². The van der Waals surface area contributed by atoms with Crippen molar-refractivity contribution >= 4 is 40.1 Å². The second-order valence-corrected chi connectivity index (χ2v) is 5.36. The van der Waals surface area contributed by atoms with Crippen molar-refractivity contribution in [1.29, 1.82) is 0 Å². The average molecular weight is 278 g/mol. The molecule has 0 aliphatic carbocycles. The lowest BCUT2D eigenvalue weighted by Crippen LogP contribution is -2.07. The minimum atomic E-state index is 0.534. The molecule has 0 aliphatic rings. The monoisotopic (exact) mass is 278 g/mol. The van der Waals surface area contributed by atoms with E-state index in [2.05, 4.69) is 16.9 Å². The number of methoxy groups -OCH3 is 1. The number of thiocarbonyl (C=S) groups is 1. The van der Waals surface area contributed by atoms with E-state index in [0.717, 1.165) is 27.5 Å². The maximum absolute atomic E-state index is 5.10. The van der Waals surface area contributed by atoms with E-state index < -0.39 is 0 Å². The molecule has 0 bridgehead atoms. The van der Waals surface area contributed by atoms with Gasteiger partial charge in [-0.15, -0.1) is 11.8 Å². The summed E-state index contributed by atoms with van der Waals surface area (Å²) >= 11 is 6.78. The summed E-state index contributed by atoms with van der Waals surface area (Å²) in [5.41, 5.74) is 2.71. The van der Waals surface area contributed by atoms with Crippen LogP contribution < -0.4 is 0 Å². The highest BCUT2D eigenvalue weighted by atomic mass is 32.2. The van der Waals surface area contributed by atoms with Crippen molar-refractivity contribution in [1.82, 2.24) is 9.97 Å². The molecular weight excluding hydrogens is 264 g/mol. The fraction of sp³-hybridized carbons (Fsp3) is 0.308. The highest BCUT2D eigenvalue weighted by molar-refractivity contribution is 7.99. The van der Waals surface area contributed by atoms with E-state index in [4.69, 9.17) is 17.0 Å². The second-order valence-electron chi connectivity index (χ2n) is 3.65. The molecule has 0 fully saturated rings. The van der Waals surface area contributed by atoms with E-state index in [1.165, 1.54) is 0 Å². The molecule has 2 rings (SSSR count). The molecule has 0 radical (unpaired) electrons. The van der Waals surface area contributed by atoms with Gasteiger partial charge in [0.1, 0.15) is 5.03 Å². The average Bonchev–Trinajstić information content (AvgIpc) is 2.39. The van der Waals surface area contributed by atoms with Crippen LogP contribution >= 0.6 is 24.0 Å². The van der Waals surface area contributed by atoms with Gasteiger partial charge in [-0.25, -0.2) is 9.97 Å². The molecule has 0 unspecified atom stereocenters. The summed E-state index contributed by atoms with van der Waals surface area (Å²) in [5.74, 6) is 0.958. The van der Waals surface area contributed by atoms with Gasteiger partial charge in [0.25, 0.3) is 0 Å². The fourth-order valence-corrected chi connectivity index (χ4v) is 2.45. The van der Waals surface area contributed by atoms with Gasteiger partial charge in [0, 0.05) is 0 Å². The first-order chi connectivity index (χ1) is 8.74. The van der Waals surface area contributed by atoms with Crippen molar-refractivity contribution in [2.45, 2.75) is 18.4 Å². The molecule has 18 heavy (non-hydrogen) atoms. The summed E-state index contributed by atoms with van der Waals surface area (Å²) in [6.45, 7) is 2.10. The van der Waals surface area contributed by atoms with Gasteiger partial charge in [-0.2, -0.15) is 0 Å². The number of thioether (sulfide) groups is 1. The number of benzene rings is 1. The van der Waals surface area contributed by atoms with Crippen molar-refractivity contribution in [3.05, 3.63) is 30.0 Å². The zero-order valence-corrected chi connectivity index (χ0v) is 12.0. The molecule has 0 aliphatic heterocycles. The topological polar surface area (TPSA) is 35.0 Å². The standard InChI is InChI=1S/C13H14N2OS2/c1-3-18-13-11(8-12(17)16-2)14-9-6-4-5-7-10(9)15-13/h4-7H,3,8H2,1-2H3. The van der Waals surface area contributed by atoms with Crippen LogP contribution in [0.2, 0.25) is 0 Å². The number of aromatic nitrogens is 2. The SMILES string of the molecule is CCSc1nc2ccccc2nc1CC(=S)OC. The summed E-state index contributed by atoms with van der Waals surface area (Å²) < 4.78 is 5.05. The van der Waals surface area contributed by atoms with E-state index in [1.54, 1.807) is 18.9 Å². The highest BCUT2D eigenvalue weighted by Crippen LogP contribution is 2.22. The van der Waals surface area contributed by atoms with Gasteiger partial charge < -0.3 is 4.74 Å². The Balaban J connectivity index is 2.46. The maximum atomic E-state index is 5.10. The van der Waals surface area contributed by atoms with Crippen LogP contribution in [0.3, 0.4) is 0 Å². The first-order valence-corrected chi connectivity index (χ1v) is 7.09. The van der Waals surface area contributed by atoms with Crippen molar-refractivity contribution < 1.29 is 4.74 Å². The van der Waals surface area contributed by atoms with Crippen LogP contribution in [0.15, 0.2) is 29.3 Å². The largest absolute Gasteiger partial charge is 0.490 e. The Labute approximate surface area is 116 Å². The fourth-order valence-electron chi connectivity index (χ4n) is 1.60. The number of fused-ring (bicyclic) bond motifs is 1. The quantitative estimate of drug-likeness (QED) is 0.633. The van der Waals surface area contributed by atoms with Crippen LogP contribution in [0.25, 0.3) is 11.0 Å². The van der Waals surface area contributed by atoms with Crippen LogP contribution in [0, 0.1) is 0 Å². The first kappa shape index (κ1) is 13.2. The molecule has 0 amide bonds. The molecule has 1 heterocycles. The Bertz CT molecular complexity index is 572. The van der Waals surface area contributed by atoms with E-state index in [9.17, 15) is 0 Å². The normalized spacial score (nSPS) is 10.6. The molecule has 94 valence electrons. The second kappa shape index (κ2) is 6.11. The van der Waals surface area contributed by atoms with Crippen LogP contribution in [-0.4, -0.2) is 27.9 Å². The van der Waals surface area contributed by atoms with Crippen molar-refractivity contribution in [2.24, 2.45) is 0 Å². The summed E-state index contributed by atoms with van der Waals surface area (Å²) in [6.07, 6.45) is 0.534. The van der Waals surface area contributed by atoms with E-state index in [1.807, 2.05) is 24.3 Å². The number of rotatable bonds is 4. The number of para-hydroxylation sites is 2. The predicted molar refractivity (Wildman–Crippen MR) is 79.2 cm³/mol. The van der Waals surface area contributed by atoms with Gasteiger partial charge in [-0.3, -0.25) is 0 Å². The number of nitrogens with zero attached hydrogens (tertiary/aromatic N) is 2. The molecule has 1 aromatic heterocycles. The van der Waals surface area contributed by atoms with Crippen LogP contribution in [0.4, 0.5) is 0 Å². The lowest BCUT2D eigenvalue weighted by Gasteiger charge is -2.08. The molecule has 0 saturated carbocycles. The molecule has 0 N–H and O–H groups in total. The van der Waals surface area contributed by atoms with Gasteiger partial charge in [-0.05, 0) is 30.1 Å². The van der Waals surface area contributed by atoms with Crippen LogP contribution in [0.1, 0.15) is 12.6 Å². The first-order valence-electron chi connectivity index (χ1n) is 5.70. The molecule has 0 atom stereocenters. The van der Waals surface area contributed by atoms with Gasteiger partial charge >= 0.3 is 0 Å². The Hall–Kier alpha value is -1.20. The number of hydrogen-bond acceptors (Lipinski definition) is 5. The Morgan fingerprint density at radius 1 is 1.28 bits per heavy atom. The summed E-state index contributed by atoms with van der Waals surface area (Å²) in [7, 11) is 1.59. The van der Waals surface area contributed by atoms with E-state index >= 15 is 0 Å². The summed E-state index contributed by atoms with van der Waals surface area (Å²) in [5, 5.41) is 1.48. The van der Waals surface area contributed by atoms with Gasteiger partial charge in [0.05, 0.1) is 30.3 Å². The Morgan fingerprint density at radius 2 is 1.94 bits per heavy atom. The van der Waals surface area contributed by atoms with Crippen molar-refractivity contribution in [2.75, 3.05) is 12.9 Å².